The molecule has 0 atom stereocenters. The summed E-state index contributed by atoms with van der Waals surface area (Å²) in [6.45, 7) is 7.70. The van der Waals surface area contributed by atoms with Crippen LogP contribution in [0.15, 0.2) is 29.2 Å². The molecule has 2 fully saturated rings. The lowest BCUT2D eigenvalue weighted by Gasteiger charge is -2.36. The fourth-order valence-electron chi connectivity index (χ4n) is 3.89. The third kappa shape index (κ3) is 4.44. The van der Waals surface area contributed by atoms with Gasteiger partial charge in [-0.3, -0.25) is 4.79 Å². The Bertz CT molecular complexity index is 735. The van der Waals surface area contributed by atoms with Crippen LogP contribution in [0.1, 0.15) is 19.8 Å². The number of piperazine rings is 1. The number of hydrogen-bond acceptors (Lipinski definition) is 4. The maximum atomic E-state index is 12.8. The molecule has 0 bridgehead atoms. The molecule has 0 saturated carbocycles. The number of benzene rings is 1. The average Bonchev–Trinajstić information content (AvgIpc) is 2.73. The molecule has 3 rings (SSSR count). The summed E-state index contributed by atoms with van der Waals surface area (Å²) >= 11 is 0. The molecular formula is C19H30N3O4S+. The highest BCUT2D eigenvalue weighted by Gasteiger charge is 2.35. The smallest absolute Gasteiger partial charge is 0.243 e. The maximum Gasteiger partial charge on any atom is 0.243 e. The number of sulfonamides is 1. The average molecular weight is 397 g/mol. The Balaban J connectivity index is 1.57. The first-order valence-electron chi connectivity index (χ1n) is 9.72. The molecule has 2 saturated heterocycles. The van der Waals surface area contributed by atoms with Gasteiger partial charge in [0.15, 0.2) is 0 Å². The summed E-state index contributed by atoms with van der Waals surface area (Å²) in [7, 11) is -1.97. The van der Waals surface area contributed by atoms with E-state index in [2.05, 4.69) is 6.92 Å². The minimum atomic E-state index is -3.52. The SMILES string of the molecule is CC[NH+]1CCN(C(=O)C2CCN(S(=O)(=O)c3ccc(OC)cc3)CC2)CC1. The first-order valence-corrected chi connectivity index (χ1v) is 11.2. The molecule has 27 heavy (non-hydrogen) atoms. The summed E-state index contributed by atoms with van der Waals surface area (Å²) in [6, 6.07) is 6.45. The zero-order valence-corrected chi connectivity index (χ0v) is 17.0. The Hall–Kier alpha value is -1.64. The van der Waals surface area contributed by atoms with Crippen LogP contribution in [0.4, 0.5) is 0 Å². The summed E-state index contributed by atoms with van der Waals surface area (Å²) in [5.41, 5.74) is 0. The Labute approximate surface area is 161 Å². The van der Waals surface area contributed by atoms with Gasteiger partial charge in [0, 0.05) is 19.0 Å². The number of likely N-dealkylation sites (N-methyl/N-ethyl adjacent to an activating group) is 1. The van der Waals surface area contributed by atoms with Crippen LogP contribution in [0.2, 0.25) is 0 Å². The molecule has 0 aliphatic carbocycles. The highest BCUT2D eigenvalue weighted by atomic mass is 32.2. The Kier molecular flexibility index (Phi) is 6.39. The molecule has 8 heteroatoms. The van der Waals surface area contributed by atoms with E-state index < -0.39 is 10.0 Å². The third-order valence-corrected chi connectivity index (χ3v) is 7.70. The number of nitrogens with one attached hydrogen (secondary N) is 1. The number of methoxy groups -OCH3 is 1. The van der Waals surface area contributed by atoms with Gasteiger partial charge in [0.25, 0.3) is 0 Å². The van der Waals surface area contributed by atoms with E-state index in [1.54, 1.807) is 36.3 Å². The predicted molar refractivity (Wildman–Crippen MR) is 102 cm³/mol. The molecule has 7 nitrogen and oxygen atoms in total. The number of amides is 1. The number of carbonyl (C=O) groups is 1. The van der Waals surface area contributed by atoms with Crippen LogP contribution in [0, 0.1) is 5.92 Å². The van der Waals surface area contributed by atoms with Crippen molar-refractivity contribution >= 4 is 15.9 Å². The van der Waals surface area contributed by atoms with Crippen molar-refractivity contribution < 1.29 is 22.8 Å². The van der Waals surface area contributed by atoms with E-state index >= 15 is 0 Å². The van der Waals surface area contributed by atoms with Gasteiger partial charge in [-0.05, 0) is 44.0 Å². The van der Waals surface area contributed by atoms with Gasteiger partial charge < -0.3 is 14.5 Å². The quantitative estimate of drug-likeness (QED) is 0.751. The minimum absolute atomic E-state index is 0.0597. The minimum Gasteiger partial charge on any atom is -0.497 e. The summed E-state index contributed by atoms with van der Waals surface area (Å²) < 4.78 is 32.2. The van der Waals surface area contributed by atoms with E-state index in [0.717, 1.165) is 32.7 Å². The molecule has 0 aromatic heterocycles. The van der Waals surface area contributed by atoms with E-state index in [1.165, 1.54) is 4.31 Å². The van der Waals surface area contributed by atoms with Gasteiger partial charge in [-0.15, -0.1) is 0 Å². The molecule has 2 heterocycles. The summed E-state index contributed by atoms with van der Waals surface area (Å²) in [5, 5.41) is 0. The van der Waals surface area contributed by atoms with Crippen LogP contribution in [0.25, 0.3) is 0 Å². The van der Waals surface area contributed by atoms with Gasteiger partial charge in [-0.2, -0.15) is 4.31 Å². The molecule has 1 N–H and O–H groups in total. The van der Waals surface area contributed by atoms with Crippen molar-refractivity contribution in [1.82, 2.24) is 9.21 Å². The van der Waals surface area contributed by atoms with Crippen molar-refractivity contribution in [2.45, 2.75) is 24.7 Å². The van der Waals surface area contributed by atoms with Gasteiger partial charge in [-0.25, -0.2) is 8.42 Å². The van der Waals surface area contributed by atoms with Crippen molar-refractivity contribution in [1.29, 1.82) is 0 Å². The lowest BCUT2D eigenvalue weighted by atomic mass is 9.96. The molecule has 0 radical (unpaired) electrons. The predicted octanol–water partition coefficient (Wildman–Crippen LogP) is -0.157. The standard InChI is InChI=1S/C19H29N3O4S/c1-3-20-12-14-21(15-13-20)19(23)16-8-10-22(11-9-16)27(24,25)18-6-4-17(26-2)5-7-18/h4-7,16H,3,8-15H2,1-2H3/p+1. The monoisotopic (exact) mass is 396 g/mol. The maximum absolute atomic E-state index is 12.8. The van der Waals surface area contributed by atoms with Gasteiger partial charge in [-0.1, -0.05) is 0 Å². The van der Waals surface area contributed by atoms with Crippen molar-refractivity contribution in [3.63, 3.8) is 0 Å². The van der Waals surface area contributed by atoms with E-state index in [-0.39, 0.29) is 16.7 Å². The van der Waals surface area contributed by atoms with Gasteiger partial charge in [0.1, 0.15) is 5.75 Å². The number of ether oxygens (including phenoxy) is 1. The van der Waals surface area contributed by atoms with Crippen LogP contribution in [-0.2, 0) is 14.8 Å². The van der Waals surface area contributed by atoms with Crippen LogP contribution >= 0.6 is 0 Å². The summed E-state index contributed by atoms with van der Waals surface area (Å²) in [4.78, 5) is 16.6. The summed E-state index contributed by atoms with van der Waals surface area (Å²) in [5.74, 6) is 0.769. The molecule has 1 aromatic carbocycles. The van der Waals surface area contributed by atoms with Gasteiger partial charge in [0.05, 0.1) is 44.7 Å². The fourth-order valence-corrected chi connectivity index (χ4v) is 5.36. The Morgan fingerprint density at radius 3 is 2.22 bits per heavy atom. The number of rotatable bonds is 5. The molecule has 1 amide bonds. The van der Waals surface area contributed by atoms with Crippen molar-refractivity contribution in [2.24, 2.45) is 5.92 Å². The largest absolute Gasteiger partial charge is 0.497 e. The van der Waals surface area contributed by atoms with Crippen LogP contribution in [0.5, 0.6) is 5.75 Å². The third-order valence-electron chi connectivity index (χ3n) is 5.78. The van der Waals surface area contributed by atoms with E-state index in [9.17, 15) is 13.2 Å². The number of hydrogen-bond donors (Lipinski definition) is 1. The topological polar surface area (TPSA) is 71.4 Å². The highest BCUT2D eigenvalue weighted by Crippen LogP contribution is 2.26. The summed E-state index contributed by atoms with van der Waals surface area (Å²) in [6.07, 6.45) is 1.18. The number of piperidine rings is 1. The molecule has 0 unspecified atom stereocenters. The highest BCUT2D eigenvalue weighted by molar-refractivity contribution is 7.89. The zero-order valence-electron chi connectivity index (χ0n) is 16.2. The molecule has 0 spiro atoms. The molecular weight excluding hydrogens is 366 g/mol. The van der Waals surface area contributed by atoms with E-state index in [4.69, 9.17) is 4.74 Å². The van der Waals surface area contributed by atoms with Crippen LogP contribution < -0.4 is 9.64 Å². The second-order valence-electron chi connectivity index (χ2n) is 7.28. The molecule has 150 valence electrons. The zero-order chi connectivity index (χ0) is 19.4. The second kappa shape index (κ2) is 8.58. The Morgan fingerprint density at radius 1 is 1.11 bits per heavy atom. The lowest BCUT2D eigenvalue weighted by molar-refractivity contribution is -0.902. The normalized spacial score (nSPS) is 20.6. The van der Waals surface area contributed by atoms with Crippen molar-refractivity contribution in [2.75, 3.05) is 52.9 Å². The molecule has 2 aliphatic rings. The Morgan fingerprint density at radius 2 is 1.70 bits per heavy atom. The van der Waals surface area contributed by atoms with Crippen molar-refractivity contribution in [3.05, 3.63) is 24.3 Å². The van der Waals surface area contributed by atoms with Crippen LogP contribution in [-0.4, -0.2) is 76.5 Å². The van der Waals surface area contributed by atoms with Crippen molar-refractivity contribution in [3.8, 4) is 5.75 Å². The molecule has 1 aromatic rings. The number of nitrogens with zero attached hydrogens (tertiary/aromatic N) is 2. The van der Waals surface area contributed by atoms with E-state index in [1.807, 2.05) is 4.90 Å². The first-order chi connectivity index (χ1) is 13.0. The van der Waals surface area contributed by atoms with Gasteiger partial charge in [0.2, 0.25) is 15.9 Å². The number of carbonyl (C=O) groups excluding carboxylic acids is 1. The second-order valence-corrected chi connectivity index (χ2v) is 9.22. The number of quaternary nitrogens is 1. The van der Waals surface area contributed by atoms with E-state index in [0.29, 0.717) is 31.7 Å². The fraction of sp³-hybridized carbons (Fsp3) is 0.632. The lowest BCUT2D eigenvalue weighted by Crippen LogP contribution is -3.14. The van der Waals surface area contributed by atoms with Crippen LogP contribution in [0.3, 0.4) is 0 Å². The van der Waals surface area contributed by atoms with Gasteiger partial charge >= 0.3 is 0 Å². The molecule has 2 aliphatic heterocycles. The first kappa shape index (κ1) is 20.1.